The van der Waals surface area contributed by atoms with E-state index >= 15 is 0 Å². The predicted molar refractivity (Wildman–Crippen MR) is 136 cm³/mol. The number of alkyl carbamates (subject to hydrolysis) is 1. The molecule has 0 aliphatic heterocycles. The average Bonchev–Trinajstić information content (AvgIpc) is 2.89. The van der Waals surface area contributed by atoms with Gasteiger partial charge in [0, 0.05) is 18.7 Å². The molecule has 2 saturated carbocycles. The Morgan fingerprint density at radius 1 is 0.943 bits per heavy atom. The Hall–Kier alpha value is -2.12. The number of nitrogens with zero attached hydrogens (tertiary/aromatic N) is 1. The van der Waals surface area contributed by atoms with Crippen molar-refractivity contribution in [2.75, 3.05) is 13.2 Å². The smallest absolute Gasteiger partial charge is 0.408 e. The molecular weight excluding hydrogens is 444 g/mol. The fourth-order valence-corrected chi connectivity index (χ4v) is 4.88. The van der Waals surface area contributed by atoms with Crippen LogP contribution in [-0.4, -0.2) is 48.5 Å². The zero-order valence-electron chi connectivity index (χ0n) is 21.6. The maximum Gasteiger partial charge on any atom is 0.408 e. The third-order valence-electron chi connectivity index (χ3n) is 6.98. The lowest BCUT2D eigenvalue weighted by molar-refractivity contribution is -0.226. The van der Waals surface area contributed by atoms with Gasteiger partial charge in [0.05, 0.1) is 6.61 Å². The Labute approximate surface area is 210 Å². The first-order valence-electron chi connectivity index (χ1n) is 13.6. The van der Waals surface area contributed by atoms with Crippen molar-refractivity contribution in [3.05, 3.63) is 35.9 Å². The van der Waals surface area contributed by atoms with E-state index in [1.807, 2.05) is 35.4 Å². The Kier molecular flexibility index (Phi) is 11.8. The van der Waals surface area contributed by atoms with Crippen LogP contribution in [0.15, 0.2) is 30.3 Å². The number of rotatable bonds is 12. The Bertz CT molecular complexity index is 727. The molecule has 1 N–H and O–H groups in total. The molecule has 3 rings (SSSR count). The first kappa shape index (κ1) is 27.5. The van der Waals surface area contributed by atoms with Crippen molar-refractivity contribution < 1.29 is 23.9 Å². The van der Waals surface area contributed by atoms with E-state index in [1.54, 1.807) is 0 Å². The Morgan fingerprint density at radius 2 is 1.54 bits per heavy atom. The van der Waals surface area contributed by atoms with E-state index in [0.717, 1.165) is 63.4 Å². The summed E-state index contributed by atoms with van der Waals surface area (Å²) in [5.74, 6) is 0.0275. The molecule has 0 spiro atoms. The van der Waals surface area contributed by atoms with Gasteiger partial charge in [-0.1, -0.05) is 82.7 Å². The normalized spacial score (nSPS) is 18.4. The van der Waals surface area contributed by atoms with Crippen molar-refractivity contribution in [3.63, 3.8) is 0 Å². The summed E-state index contributed by atoms with van der Waals surface area (Å²) in [5.41, 5.74) is 0.885. The molecule has 0 aromatic heterocycles. The van der Waals surface area contributed by atoms with Crippen LogP contribution in [0.3, 0.4) is 0 Å². The highest BCUT2D eigenvalue weighted by atomic mass is 16.7. The zero-order valence-corrected chi connectivity index (χ0v) is 21.6. The second-order valence-electron chi connectivity index (χ2n) is 10.4. The highest BCUT2D eigenvalue weighted by molar-refractivity contribution is 5.81. The number of ether oxygens (including phenoxy) is 2. The van der Waals surface area contributed by atoms with Gasteiger partial charge in [-0.2, -0.15) is 0 Å². The molecule has 1 aromatic rings. The summed E-state index contributed by atoms with van der Waals surface area (Å²) in [6, 6.07) is 9.07. The molecule has 0 bridgehead atoms. The van der Waals surface area contributed by atoms with E-state index in [1.165, 1.54) is 12.8 Å². The summed E-state index contributed by atoms with van der Waals surface area (Å²) in [6.07, 6.45) is 11.6. The molecule has 2 aliphatic carbocycles. The minimum atomic E-state index is -0.917. The molecule has 1 aromatic carbocycles. The summed E-state index contributed by atoms with van der Waals surface area (Å²) >= 11 is 0. The number of nitrogens with one attached hydrogen (secondary N) is 1. The van der Waals surface area contributed by atoms with Crippen LogP contribution >= 0.6 is 0 Å². The molecule has 35 heavy (non-hydrogen) atoms. The maximum absolute atomic E-state index is 13.4. The molecule has 0 radical (unpaired) electrons. The van der Waals surface area contributed by atoms with E-state index in [-0.39, 0.29) is 25.3 Å². The lowest BCUT2D eigenvalue weighted by atomic mass is 9.90. The van der Waals surface area contributed by atoms with Gasteiger partial charge in [0.1, 0.15) is 6.61 Å². The van der Waals surface area contributed by atoms with Gasteiger partial charge in [-0.25, -0.2) is 9.59 Å². The summed E-state index contributed by atoms with van der Waals surface area (Å²) in [7, 11) is 0. The Balaban J connectivity index is 1.62. The second kappa shape index (κ2) is 15.1. The highest BCUT2D eigenvalue weighted by Crippen LogP contribution is 2.30. The molecule has 196 valence electrons. The van der Waals surface area contributed by atoms with E-state index in [0.29, 0.717) is 12.5 Å². The fourth-order valence-electron chi connectivity index (χ4n) is 4.88. The molecule has 7 nitrogen and oxygen atoms in total. The van der Waals surface area contributed by atoms with E-state index in [9.17, 15) is 9.59 Å². The van der Waals surface area contributed by atoms with Crippen molar-refractivity contribution >= 4 is 12.1 Å². The number of hydroxylamine groups is 2. The molecule has 0 heterocycles. The third kappa shape index (κ3) is 9.80. The zero-order chi connectivity index (χ0) is 24.9. The lowest BCUT2D eigenvalue weighted by Crippen LogP contribution is -2.52. The highest BCUT2D eigenvalue weighted by Gasteiger charge is 2.34. The number of carbonyl (C=O) groups is 2. The largest absolute Gasteiger partial charge is 0.445 e. The minimum Gasteiger partial charge on any atom is -0.445 e. The molecule has 1 atom stereocenters. The first-order valence-corrected chi connectivity index (χ1v) is 13.6. The van der Waals surface area contributed by atoms with Crippen LogP contribution in [0.5, 0.6) is 0 Å². The number of carbonyl (C=O) groups excluding carboxylic acids is 2. The van der Waals surface area contributed by atoms with Crippen LogP contribution in [-0.2, 0) is 25.7 Å². The van der Waals surface area contributed by atoms with Crippen LogP contribution in [0.4, 0.5) is 4.79 Å². The van der Waals surface area contributed by atoms with Crippen LogP contribution in [0.1, 0.15) is 90.0 Å². The molecular formula is C28H44N2O5. The van der Waals surface area contributed by atoms with Crippen LogP contribution < -0.4 is 5.32 Å². The van der Waals surface area contributed by atoms with Crippen molar-refractivity contribution in [2.24, 2.45) is 5.92 Å². The standard InChI is InChI=1S/C28H44N2O5/c1-22(2)18-19-33-21-26(29-28(32)34-20-23-12-6-3-7-13-23)27(31)35-30(24-14-8-4-9-15-24)25-16-10-5-11-17-25/h3,6-7,12-13,22,24-26H,4-5,8-11,14-21H2,1-2H3,(H,29,32)/t26-/m0/s1. The molecule has 7 heteroatoms. The summed E-state index contributed by atoms with van der Waals surface area (Å²) in [5, 5.41) is 4.68. The van der Waals surface area contributed by atoms with Crippen LogP contribution in [0.25, 0.3) is 0 Å². The number of hydrogen-bond acceptors (Lipinski definition) is 6. The van der Waals surface area contributed by atoms with Gasteiger partial charge in [-0.15, -0.1) is 5.06 Å². The van der Waals surface area contributed by atoms with Gasteiger partial charge in [-0.3, -0.25) is 0 Å². The number of hydrogen-bond donors (Lipinski definition) is 1. The molecule has 2 aliphatic rings. The third-order valence-corrected chi connectivity index (χ3v) is 6.98. The van der Waals surface area contributed by atoms with E-state index in [4.69, 9.17) is 14.3 Å². The SMILES string of the molecule is CC(C)CCOC[C@H](NC(=O)OCc1ccccc1)C(=O)ON(C1CCCCC1)C1CCCCC1. The Morgan fingerprint density at radius 3 is 2.11 bits per heavy atom. The van der Waals surface area contributed by atoms with Gasteiger partial charge in [0.15, 0.2) is 6.04 Å². The quantitative estimate of drug-likeness (QED) is 0.297. The second-order valence-corrected chi connectivity index (χ2v) is 10.4. The summed E-state index contributed by atoms with van der Waals surface area (Å²) < 4.78 is 11.1. The van der Waals surface area contributed by atoms with Gasteiger partial charge in [0.25, 0.3) is 0 Å². The van der Waals surface area contributed by atoms with Crippen molar-refractivity contribution in [1.82, 2.24) is 10.4 Å². The van der Waals surface area contributed by atoms with Crippen molar-refractivity contribution in [2.45, 2.75) is 109 Å². The average molecular weight is 489 g/mol. The van der Waals surface area contributed by atoms with Gasteiger partial charge < -0.3 is 19.6 Å². The number of benzene rings is 1. The minimum absolute atomic E-state index is 0.0646. The summed E-state index contributed by atoms with van der Waals surface area (Å²) in [6.45, 7) is 4.98. The van der Waals surface area contributed by atoms with E-state index < -0.39 is 18.1 Å². The van der Waals surface area contributed by atoms with Gasteiger partial charge in [-0.05, 0) is 43.6 Å². The molecule has 1 amide bonds. The van der Waals surface area contributed by atoms with Crippen molar-refractivity contribution in [3.8, 4) is 0 Å². The monoisotopic (exact) mass is 488 g/mol. The molecule has 2 fully saturated rings. The first-order chi connectivity index (χ1) is 17.0. The van der Waals surface area contributed by atoms with E-state index in [2.05, 4.69) is 19.2 Å². The maximum atomic E-state index is 13.4. The lowest BCUT2D eigenvalue weighted by Gasteiger charge is -2.40. The fraction of sp³-hybridized carbons (Fsp3) is 0.714. The van der Waals surface area contributed by atoms with Gasteiger partial charge >= 0.3 is 12.1 Å². The predicted octanol–water partition coefficient (Wildman–Crippen LogP) is 5.77. The van der Waals surface area contributed by atoms with Gasteiger partial charge in [0.2, 0.25) is 0 Å². The van der Waals surface area contributed by atoms with Crippen LogP contribution in [0.2, 0.25) is 0 Å². The summed E-state index contributed by atoms with van der Waals surface area (Å²) in [4.78, 5) is 32.0. The number of amides is 1. The molecule has 0 saturated heterocycles. The van der Waals surface area contributed by atoms with Crippen LogP contribution in [0, 0.1) is 5.92 Å². The topological polar surface area (TPSA) is 77.1 Å². The molecule has 0 unspecified atom stereocenters. The van der Waals surface area contributed by atoms with Crippen molar-refractivity contribution in [1.29, 1.82) is 0 Å².